The summed E-state index contributed by atoms with van der Waals surface area (Å²) in [5, 5.41) is 0. The molecule has 0 amide bonds. The summed E-state index contributed by atoms with van der Waals surface area (Å²) in [6, 6.07) is 18.9. The van der Waals surface area contributed by atoms with Crippen molar-refractivity contribution in [1.82, 2.24) is 0 Å². The number of aryl methyl sites for hydroxylation is 4. The molecule has 0 saturated heterocycles. The van der Waals surface area contributed by atoms with E-state index in [1.807, 2.05) is 0 Å². The second-order valence-electron chi connectivity index (χ2n) is 10.6. The maximum Gasteiger partial charge on any atom is 0.329 e. The van der Waals surface area contributed by atoms with Gasteiger partial charge in [-0.25, -0.2) is 0 Å². The number of benzene rings is 4. The van der Waals surface area contributed by atoms with E-state index in [1.165, 1.54) is 89.1 Å². The Bertz CT molecular complexity index is 1430. The van der Waals surface area contributed by atoms with Crippen LogP contribution in [0.4, 0.5) is 11.4 Å². The number of rotatable bonds is 0. The van der Waals surface area contributed by atoms with Crippen LogP contribution in [0.15, 0.2) is 48.5 Å². The summed E-state index contributed by atoms with van der Waals surface area (Å²) in [6.45, 7) is 18.3. The molecule has 2 aliphatic heterocycles. The van der Waals surface area contributed by atoms with Crippen molar-refractivity contribution in [3.63, 3.8) is 0 Å². The van der Waals surface area contributed by atoms with Crippen molar-refractivity contribution in [1.29, 1.82) is 0 Å². The van der Waals surface area contributed by atoms with Crippen molar-refractivity contribution < 1.29 is 0 Å². The Morgan fingerprint density at radius 2 is 0.912 bits per heavy atom. The molecule has 2 heterocycles. The molecule has 0 spiro atoms. The van der Waals surface area contributed by atoms with Gasteiger partial charge in [0, 0.05) is 22.5 Å². The first-order chi connectivity index (χ1) is 16.2. The van der Waals surface area contributed by atoms with Crippen LogP contribution in [0.3, 0.4) is 0 Å². The van der Waals surface area contributed by atoms with Gasteiger partial charge in [-0.3, -0.25) is 0 Å². The third kappa shape index (κ3) is 2.69. The SMILES string of the molecule is Cc1ccc2c(c1)-c1c(cc(C)c(C)c1C)B1c3cc(C)c(C)c(C)c3-c3cc(C)ccc3N12. The molecule has 0 bridgehead atoms. The van der Waals surface area contributed by atoms with Crippen LogP contribution in [0.5, 0.6) is 0 Å². The largest absolute Gasteiger partial charge is 0.376 e. The molecule has 0 saturated carbocycles. The molecule has 168 valence electrons. The van der Waals surface area contributed by atoms with Gasteiger partial charge in [0.1, 0.15) is 0 Å². The molecule has 4 aromatic carbocycles. The Morgan fingerprint density at radius 3 is 1.32 bits per heavy atom. The number of fused-ring (bicyclic) bond motifs is 11. The molecular weight excluding hydrogens is 409 g/mol. The van der Waals surface area contributed by atoms with E-state index in [1.54, 1.807) is 0 Å². The zero-order valence-corrected chi connectivity index (χ0v) is 21.6. The molecule has 2 heteroatoms. The van der Waals surface area contributed by atoms with Crippen LogP contribution in [0.25, 0.3) is 22.3 Å². The minimum absolute atomic E-state index is 0.173. The maximum absolute atomic E-state index is 2.62. The quantitative estimate of drug-likeness (QED) is 0.264. The average molecular weight is 441 g/mol. The molecule has 6 rings (SSSR count). The fourth-order valence-electron chi connectivity index (χ4n) is 6.35. The highest BCUT2D eigenvalue weighted by atomic mass is 15.1. The summed E-state index contributed by atoms with van der Waals surface area (Å²) >= 11 is 0. The Morgan fingerprint density at radius 1 is 0.500 bits per heavy atom. The Balaban J connectivity index is 1.82. The third-order valence-electron chi connectivity index (χ3n) is 8.59. The van der Waals surface area contributed by atoms with E-state index in [0.29, 0.717) is 0 Å². The molecule has 0 aliphatic carbocycles. The highest BCUT2D eigenvalue weighted by Gasteiger charge is 2.43. The van der Waals surface area contributed by atoms with Gasteiger partial charge in [-0.2, -0.15) is 0 Å². The van der Waals surface area contributed by atoms with Crippen molar-refractivity contribution in [2.75, 3.05) is 4.81 Å². The lowest BCUT2D eigenvalue weighted by Gasteiger charge is -2.45. The zero-order valence-electron chi connectivity index (χ0n) is 21.6. The second-order valence-corrected chi connectivity index (χ2v) is 10.6. The molecule has 0 unspecified atom stereocenters. The molecule has 0 fully saturated rings. The number of nitrogens with zero attached hydrogens (tertiary/aromatic N) is 1. The molecule has 0 atom stereocenters. The Labute approximate surface area is 204 Å². The van der Waals surface area contributed by atoms with E-state index < -0.39 is 0 Å². The van der Waals surface area contributed by atoms with Gasteiger partial charge < -0.3 is 4.81 Å². The summed E-state index contributed by atoms with van der Waals surface area (Å²) in [5.74, 6) is 0. The van der Waals surface area contributed by atoms with Crippen LogP contribution in [-0.4, -0.2) is 6.85 Å². The fourth-order valence-corrected chi connectivity index (χ4v) is 6.35. The summed E-state index contributed by atoms with van der Waals surface area (Å²) in [7, 11) is 0. The van der Waals surface area contributed by atoms with E-state index in [-0.39, 0.29) is 6.85 Å². The van der Waals surface area contributed by atoms with Crippen LogP contribution >= 0.6 is 0 Å². The van der Waals surface area contributed by atoms with Crippen LogP contribution in [0.2, 0.25) is 0 Å². The standard InChI is InChI=1S/C32H32BN/c1-17-9-11-29-25(13-17)31-23(7)21(5)19(3)15-27(31)33-28-16-20(4)22(6)24(8)32(28)26-14-18(2)10-12-30(26)34(29)33/h9-16H,1-8H3. The van der Waals surface area contributed by atoms with Crippen molar-refractivity contribution in [3.05, 3.63) is 93.0 Å². The van der Waals surface area contributed by atoms with Gasteiger partial charge in [0.2, 0.25) is 0 Å². The first-order valence-electron chi connectivity index (χ1n) is 12.4. The molecule has 0 aromatic heterocycles. The van der Waals surface area contributed by atoms with Gasteiger partial charge >= 0.3 is 6.85 Å². The van der Waals surface area contributed by atoms with Crippen LogP contribution in [-0.2, 0) is 0 Å². The molecule has 0 radical (unpaired) electrons. The second kappa shape index (κ2) is 7.12. The van der Waals surface area contributed by atoms with Gasteiger partial charge in [-0.05, 0) is 135 Å². The fraction of sp³-hybridized carbons (Fsp3) is 0.250. The van der Waals surface area contributed by atoms with Crippen molar-refractivity contribution in [2.24, 2.45) is 0 Å². The van der Waals surface area contributed by atoms with Gasteiger partial charge in [0.15, 0.2) is 0 Å². The predicted octanol–water partition coefficient (Wildman–Crippen LogP) is 7.06. The van der Waals surface area contributed by atoms with E-state index in [0.717, 1.165) is 0 Å². The summed E-state index contributed by atoms with van der Waals surface area (Å²) in [4.78, 5) is 2.62. The van der Waals surface area contributed by atoms with E-state index in [9.17, 15) is 0 Å². The van der Waals surface area contributed by atoms with Crippen molar-refractivity contribution in [2.45, 2.75) is 55.4 Å². The van der Waals surface area contributed by atoms with Crippen LogP contribution < -0.4 is 15.7 Å². The minimum Gasteiger partial charge on any atom is -0.376 e. The van der Waals surface area contributed by atoms with E-state index in [2.05, 4.69) is 109 Å². The zero-order chi connectivity index (χ0) is 24.0. The van der Waals surface area contributed by atoms with Gasteiger partial charge in [0.25, 0.3) is 0 Å². The summed E-state index contributed by atoms with van der Waals surface area (Å²) in [5.41, 5.74) is 22.1. The molecule has 4 aromatic rings. The lowest BCUT2D eigenvalue weighted by atomic mass is 9.42. The van der Waals surface area contributed by atoms with Gasteiger partial charge in [-0.1, -0.05) is 35.4 Å². The molecule has 0 N–H and O–H groups in total. The minimum atomic E-state index is 0.173. The molecular formula is C32H32BN. The van der Waals surface area contributed by atoms with E-state index in [4.69, 9.17) is 0 Å². The van der Waals surface area contributed by atoms with Gasteiger partial charge in [-0.15, -0.1) is 0 Å². The highest BCUT2D eigenvalue weighted by Crippen LogP contribution is 2.48. The normalized spacial score (nSPS) is 13.2. The monoisotopic (exact) mass is 441 g/mol. The predicted molar refractivity (Wildman–Crippen MR) is 149 cm³/mol. The lowest BCUT2D eigenvalue weighted by molar-refractivity contribution is 1.24. The third-order valence-corrected chi connectivity index (χ3v) is 8.59. The van der Waals surface area contributed by atoms with Crippen LogP contribution in [0, 0.1) is 55.4 Å². The first-order valence-corrected chi connectivity index (χ1v) is 12.4. The maximum atomic E-state index is 2.62. The van der Waals surface area contributed by atoms with Gasteiger partial charge in [0.05, 0.1) is 0 Å². The number of hydrogen-bond acceptors (Lipinski definition) is 1. The Kier molecular flexibility index (Phi) is 4.46. The summed E-state index contributed by atoms with van der Waals surface area (Å²) < 4.78 is 0. The first kappa shape index (κ1) is 21.3. The smallest absolute Gasteiger partial charge is 0.329 e. The average Bonchev–Trinajstić information content (AvgIpc) is 2.80. The molecule has 2 aliphatic rings. The van der Waals surface area contributed by atoms with E-state index >= 15 is 0 Å². The Hall–Kier alpha value is -3.26. The lowest BCUT2D eigenvalue weighted by Crippen LogP contribution is -2.60. The van der Waals surface area contributed by atoms with Crippen molar-refractivity contribution >= 4 is 29.1 Å². The van der Waals surface area contributed by atoms with Crippen LogP contribution in [0.1, 0.15) is 44.5 Å². The number of anilines is 2. The topological polar surface area (TPSA) is 3.24 Å². The molecule has 1 nitrogen and oxygen atoms in total. The highest BCUT2D eigenvalue weighted by molar-refractivity contribution is 6.92. The molecule has 34 heavy (non-hydrogen) atoms. The number of hydrogen-bond donors (Lipinski definition) is 0. The summed E-state index contributed by atoms with van der Waals surface area (Å²) in [6.07, 6.45) is 0. The van der Waals surface area contributed by atoms with Crippen molar-refractivity contribution in [3.8, 4) is 22.3 Å².